The van der Waals surface area contributed by atoms with Crippen molar-refractivity contribution in [3.8, 4) is 5.75 Å². The molecule has 0 unspecified atom stereocenters. The van der Waals surface area contributed by atoms with Crippen LogP contribution in [0.25, 0.3) is 0 Å². The molecule has 2 N–H and O–H groups in total. The fraction of sp³-hybridized carbons (Fsp3) is 0.312. The van der Waals surface area contributed by atoms with Crippen molar-refractivity contribution in [2.24, 2.45) is 0 Å². The lowest BCUT2D eigenvalue weighted by Gasteiger charge is -2.12. The van der Waals surface area contributed by atoms with Crippen LogP contribution >= 0.6 is 0 Å². The van der Waals surface area contributed by atoms with Gasteiger partial charge in [-0.1, -0.05) is 38.1 Å². The first kappa shape index (κ1) is 13.6. The Bertz CT molecular complexity index is 564. The number of nitrogens with zero attached hydrogens (tertiary/aromatic N) is 1. The third kappa shape index (κ3) is 3.12. The summed E-state index contributed by atoms with van der Waals surface area (Å²) in [5, 5.41) is 19.4. The molecule has 0 saturated heterocycles. The fourth-order valence-corrected chi connectivity index (χ4v) is 2.13. The van der Waals surface area contributed by atoms with Crippen LogP contribution in [0.2, 0.25) is 0 Å². The monoisotopic (exact) mass is 257 g/mol. The molecule has 2 aromatic rings. The SMILES string of the molecule is CC(C)c1cccc(Cc2cccc(CO)n2)c1O. The summed E-state index contributed by atoms with van der Waals surface area (Å²) < 4.78 is 0. The van der Waals surface area contributed by atoms with E-state index in [2.05, 4.69) is 18.8 Å². The number of hydrogen-bond donors (Lipinski definition) is 2. The van der Waals surface area contributed by atoms with Crippen LogP contribution in [-0.2, 0) is 13.0 Å². The van der Waals surface area contributed by atoms with Crippen molar-refractivity contribution in [2.45, 2.75) is 32.8 Å². The minimum absolute atomic E-state index is 0.0636. The van der Waals surface area contributed by atoms with E-state index in [0.717, 1.165) is 16.8 Å². The van der Waals surface area contributed by atoms with Gasteiger partial charge in [0, 0.05) is 17.7 Å². The first-order valence-electron chi connectivity index (χ1n) is 6.48. The highest BCUT2D eigenvalue weighted by atomic mass is 16.3. The molecule has 0 aliphatic heterocycles. The summed E-state index contributed by atoms with van der Waals surface area (Å²) in [6, 6.07) is 11.4. The number of aliphatic hydroxyl groups excluding tert-OH is 1. The standard InChI is InChI=1S/C16H19NO2/c1-11(2)15-8-3-5-12(16(15)19)9-13-6-4-7-14(10-18)17-13/h3-8,11,18-19H,9-10H2,1-2H3. The van der Waals surface area contributed by atoms with E-state index in [1.165, 1.54) is 0 Å². The van der Waals surface area contributed by atoms with Crippen molar-refractivity contribution in [1.29, 1.82) is 0 Å². The van der Waals surface area contributed by atoms with Crippen molar-refractivity contribution in [2.75, 3.05) is 0 Å². The minimum Gasteiger partial charge on any atom is -0.507 e. The Hall–Kier alpha value is -1.87. The van der Waals surface area contributed by atoms with E-state index < -0.39 is 0 Å². The Kier molecular flexibility index (Phi) is 4.17. The first-order chi connectivity index (χ1) is 9.11. The van der Waals surface area contributed by atoms with E-state index >= 15 is 0 Å². The van der Waals surface area contributed by atoms with Crippen LogP contribution in [0.1, 0.15) is 42.3 Å². The van der Waals surface area contributed by atoms with Crippen molar-refractivity contribution in [3.63, 3.8) is 0 Å². The lowest BCUT2D eigenvalue weighted by Crippen LogP contribution is -1.98. The molecule has 1 aromatic carbocycles. The largest absolute Gasteiger partial charge is 0.507 e. The van der Waals surface area contributed by atoms with Gasteiger partial charge < -0.3 is 10.2 Å². The van der Waals surface area contributed by atoms with E-state index in [4.69, 9.17) is 5.11 Å². The molecule has 0 fully saturated rings. The summed E-state index contributed by atoms with van der Waals surface area (Å²) in [5.74, 6) is 0.644. The molecule has 100 valence electrons. The lowest BCUT2D eigenvalue weighted by molar-refractivity contribution is 0.276. The summed E-state index contributed by atoms with van der Waals surface area (Å²) in [4.78, 5) is 4.34. The first-order valence-corrected chi connectivity index (χ1v) is 6.48. The predicted molar refractivity (Wildman–Crippen MR) is 75.2 cm³/mol. The van der Waals surface area contributed by atoms with E-state index in [9.17, 15) is 5.11 Å². The molecule has 1 aromatic heterocycles. The minimum atomic E-state index is -0.0636. The molecular weight excluding hydrogens is 238 g/mol. The van der Waals surface area contributed by atoms with Gasteiger partial charge in [-0.3, -0.25) is 4.98 Å². The van der Waals surface area contributed by atoms with Crippen LogP contribution in [0.5, 0.6) is 5.75 Å². The fourth-order valence-electron chi connectivity index (χ4n) is 2.13. The zero-order valence-electron chi connectivity index (χ0n) is 11.3. The number of aromatic nitrogens is 1. The molecule has 0 atom stereocenters. The highest BCUT2D eigenvalue weighted by Crippen LogP contribution is 2.29. The topological polar surface area (TPSA) is 53.4 Å². The van der Waals surface area contributed by atoms with Crippen molar-refractivity contribution in [3.05, 3.63) is 58.9 Å². The maximum absolute atomic E-state index is 10.3. The second-order valence-corrected chi connectivity index (χ2v) is 4.96. The summed E-state index contributed by atoms with van der Waals surface area (Å²) in [6.07, 6.45) is 0.570. The van der Waals surface area contributed by atoms with Crippen LogP contribution in [0, 0.1) is 0 Å². The van der Waals surface area contributed by atoms with Gasteiger partial charge in [0.05, 0.1) is 12.3 Å². The smallest absolute Gasteiger partial charge is 0.122 e. The van der Waals surface area contributed by atoms with Crippen LogP contribution < -0.4 is 0 Å². The van der Waals surface area contributed by atoms with Crippen molar-refractivity contribution in [1.82, 2.24) is 4.98 Å². The molecule has 0 saturated carbocycles. The lowest BCUT2D eigenvalue weighted by atomic mass is 9.97. The zero-order chi connectivity index (χ0) is 13.8. The summed E-state index contributed by atoms with van der Waals surface area (Å²) in [6.45, 7) is 4.05. The third-order valence-electron chi connectivity index (χ3n) is 3.17. The second kappa shape index (κ2) is 5.85. The maximum atomic E-state index is 10.3. The molecule has 1 heterocycles. The van der Waals surface area contributed by atoms with E-state index in [1.807, 2.05) is 30.3 Å². The number of phenols is 1. The van der Waals surface area contributed by atoms with Crippen LogP contribution in [0.4, 0.5) is 0 Å². The molecule has 0 aliphatic carbocycles. The van der Waals surface area contributed by atoms with Gasteiger partial charge in [0.15, 0.2) is 0 Å². The van der Waals surface area contributed by atoms with Gasteiger partial charge in [0.25, 0.3) is 0 Å². The van der Waals surface area contributed by atoms with Crippen LogP contribution in [-0.4, -0.2) is 15.2 Å². The molecule has 3 nitrogen and oxygen atoms in total. The van der Waals surface area contributed by atoms with Gasteiger partial charge >= 0.3 is 0 Å². The Morgan fingerprint density at radius 3 is 2.42 bits per heavy atom. The number of hydrogen-bond acceptors (Lipinski definition) is 3. The highest BCUT2D eigenvalue weighted by Gasteiger charge is 2.10. The predicted octanol–water partition coefficient (Wildman–Crippen LogP) is 2.99. The Balaban J connectivity index is 2.30. The number of benzene rings is 1. The number of aliphatic hydroxyl groups is 1. The van der Waals surface area contributed by atoms with Gasteiger partial charge in [0.2, 0.25) is 0 Å². The van der Waals surface area contributed by atoms with Gasteiger partial charge in [-0.05, 0) is 23.6 Å². The van der Waals surface area contributed by atoms with Crippen LogP contribution in [0.15, 0.2) is 36.4 Å². The van der Waals surface area contributed by atoms with Crippen molar-refractivity contribution < 1.29 is 10.2 Å². The molecule has 0 amide bonds. The quantitative estimate of drug-likeness (QED) is 0.885. The zero-order valence-corrected chi connectivity index (χ0v) is 11.3. The molecule has 0 bridgehead atoms. The van der Waals surface area contributed by atoms with Gasteiger partial charge in [0.1, 0.15) is 5.75 Å². The van der Waals surface area contributed by atoms with Gasteiger partial charge in [-0.25, -0.2) is 0 Å². The normalized spacial score (nSPS) is 10.9. The molecule has 0 radical (unpaired) electrons. The summed E-state index contributed by atoms with van der Waals surface area (Å²) in [5.41, 5.74) is 3.32. The molecular formula is C16H19NO2. The summed E-state index contributed by atoms with van der Waals surface area (Å²) in [7, 11) is 0. The van der Waals surface area contributed by atoms with E-state index in [0.29, 0.717) is 17.9 Å². The van der Waals surface area contributed by atoms with Gasteiger partial charge in [-0.2, -0.15) is 0 Å². The average Bonchev–Trinajstić information content (AvgIpc) is 2.41. The molecule has 2 rings (SSSR count). The average molecular weight is 257 g/mol. The van der Waals surface area contributed by atoms with Crippen molar-refractivity contribution >= 4 is 0 Å². The molecule has 0 aliphatic rings. The van der Waals surface area contributed by atoms with Gasteiger partial charge in [-0.15, -0.1) is 0 Å². The molecule has 0 spiro atoms. The number of phenolic OH excluding ortho intramolecular Hbond substituents is 1. The molecule has 3 heteroatoms. The Labute approximate surface area is 113 Å². The maximum Gasteiger partial charge on any atom is 0.122 e. The molecule has 19 heavy (non-hydrogen) atoms. The highest BCUT2D eigenvalue weighted by molar-refractivity contribution is 5.43. The van der Waals surface area contributed by atoms with E-state index in [1.54, 1.807) is 6.07 Å². The second-order valence-electron chi connectivity index (χ2n) is 4.96. The number of rotatable bonds is 4. The van der Waals surface area contributed by atoms with Crippen LogP contribution in [0.3, 0.4) is 0 Å². The Morgan fingerprint density at radius 1 is 1.05 bits per heavy atom. The number of pyridine rings is 1. The third-order valence-corrected chi connectivity index (χ3v) is 3.17. The number of para-hydroxylation sites is 1. The summed E-state index contributed by atoms with van der Waals surface area (Å²) >= 11 is 0. The number of aromatic hydroxyl groups is 1. The Morgan fingerprint density at radius 2 is 1.74 bits per heavy atom. The van der Waals surface area contributed by atoms with E-state index in [-0.39, 0.29) is 12.5 Å².